The molecule has 1 aromatic carbocycles. The summed E-state index contributed by atoms with van der Waals surface area (Å²) in [4.78, 5) is 14.2. The number of nitrogens with zero attached hydrogens (tertiary/aromatic N) is 1. The normalized spacial score (nSPS) is 22.3. The molecule has 0 saturated carbocycles. The molecule has 1 atom stereocenters. The maximum Gasteiger partial charge on any atom is 0.253 e. The number of benzene rings is 1. The molecule has 5 heteroatoms. The summed E-state index contributed by atoms with van der Waals surface area (Å²) in [5.41, 5.74) is 2.63. The predicted molar refractivity (Wildman–Crippen MR) is 75.4 cm³/mol. The Kier molecular flexibility index (Phi) is 4.80. The van der Waals surface area contributed by atoms with E-state index in [0.717, 1.165) is 26.1 Å². The van der Waals surface area contributed by atoms with Gasteiger partial charge in [-0.15, -0.1) is 12.4 Å². The number of nitrogens with one attached hydrogen (secondary N) is 1. The maximum absolute atomic E-state index is 12.3. The number of carbonyl (C=O) groups excluding carboxylic acids is 1. The summed E-state index contributed by atoms with van der Waals surface area (Å²) in [6.07, 6.45) is 0.645. The lowest BCUT2D eigenvalue weighted by Gasteiger charge is -2.33. The second-order valence-electron chi connectivity index (χ2n) is 4.84. The first-order valence-corrected chi connectivity index (χ1v) is 6.52. The smallest absolute Gasteiger partial charge is 0.253 e. The molecule has 1 saturated heterocycles. The van der Waals surface area contributed by atoms with Crippen molar-refractivity contribution in [2.45, 2.75) is 19.1 Å². The first kappa shape index (κ1) is 14.3. The minimum absolute atomic E-state index is 0. The Hall–Kier alpha value is -1.10. The van der Waals surface area contributed by atoms with Crippen LogP contribution in [0.2, 0.25) is 0 Å². The van der Waals surface area contributed by atoms with Gasteiger partial charge in [-0.05, 0) is 17.5 Å². The summed E-state index contributed by atoms with van der Waals surface area (Å²) >= 11 is 0. The van der Waals surface area contributed by atoms with Gasteiger partial charge >= 0.3 is 0 Å². The number of morpholine rings is 1. The molecule has 2 aliphatic heterocycles. The Bertz CT molecular complexity index is 447. The van der Waals surface area contributed by atoms with E-state index >= 15 is 0 Å². The van der Waals surface area contributed by atoms with Crippen LogP contribution in [-0.2, 0) is 22.5 Å². The summed E-state index contributed by atoms with van der Waals surface area (Å²) in [5, 5.41) is 3.20. The van der Waals surface area contributed by atoms with Crippen LogP contribution in [-0.4, -0.2) is 43.2 Å². The third-order valence-corrected chi connectivity index (χ3v) is 3.65. The van der Waals surface area contributed by atoms with Crippen molar-refractivity contribution in [2.75, 3.05) is 26.2 Å². The molecule has 0 spiro atoms. The Balaban J connectivity index is 0.00000133. The van der Waals surface area contributed by atoms with Crippen molar-refractivity contribution in [1.29, 1.82) is 0 Å². The van der Waals surface area contributed by atoms with Crippen molar-refractivity contribution in [2.24, 2.45) is 0 Å². The molecule has 0 aliphatic carbocycles. The topological polar surface area (TPSA) is 41.6 Å². The first-order chi connectivity index (χ1) is 8.84. The molecule has 4 nitrogen and oxygen atoms in total. The molecule has 0 bridgehead atoms. The number of hydrogen-bond acceptors (Lipinski definition) is 3. The predicted octanol–water partition coefficient (Wildman–Crippen LogP) is 0.981. The number of rotatable bonds is 1. The lowest BCUT2D eigenvalue weighted by atomic mass is 9.99. The van der Waals surface area contributed by atoms with Crippen molar-refractivity contribution in [3.8, 4) is 0 Å². The van der Waals surface area contributed by atoms with E-state index in [9.17, 15) is 4.79 Å². The zero-order valence-electron chi connectivity index (χ0n) is 10.8. The monoisotopic (exact) mass is 282 g/mol. The second-order valence-corrected chi connectivity index (χ2v) is 4.84. The van der Waals surface area contributed by atoms with Gasteiger partial charge in [0.05, 0.1) is 6.61 Å². The number of fused-ring (bicyclic) bond motifs is 1. The molecule has 1 fully saturated rings. The summed E-state index contributed by atoms with van der Waals surface area (Å²) in [6, 6.07) is 8.35. The highest BCUT2D eigenvalue weighted by atomic mass is 35.5. The summed E-state index contributed by atoms with van der Waals surface area (Å²) in [6.45, 7) is 3.62. The van der Waals surface area contributed by atoms with Gasteiger partial charge in [0.2, 0.25) is 0 Å². The maximum atomic E-state index is 12.3. The third-order valence-electron chi connectivity index (χ3n) is 3.65. The van der Waals surface area contributed by atoms with Gasteiger partial charge in [0.25, 0.3) is 5.91 Å². The zero-order valence-corrected chi connectivity index (χ0v) is 11.6. The van der Waals surface area contributed by atoms with Crippen molar-refractivity contribution in [3.05, 3.63) is 35.4 Å². The van der Waals surface area contributed by atoms with Gasteiger partial charge in [0.15, 0.2) is 0 Å². The Labute approximate surface area is 119 Å². The van der Waals surface area contributed by atoms with Crippen LogP contribution >= 0.6 is 12.4 Å². The average molecular weight is 283 g/mol. The first-order valence-electron chi connectivity index (χ1n) is 6.52. The van der Waals surface area contributed by atoms with Gasteiger partial charge in [-0.3, -0.25) is 4.79 Å². The molecule has 0 aromatic heterocycles. The van der Waals surface area contributed by atoms with Crippen LogP contribution in [0.1, 0.15) is 11.1 Å². The standard InChI is InChI=1S/C14H18N2O2.ClH/c17-14(13-9-15-6-8-18-13)16-7-5-11-3-1-2-4-12(11)10-16;/h1-4,13,15H,5-10H2;1H. The van der Waals surface area contributed by atoms with Gasteiger partial charge in [-0.25, -0.2) is 0 Å². The number of ether oxygens (including phenoxy) is 1. The van der Waals surface area contributed by atoms with Crippen LogP contribution in [0.25, 0.3) is 0 Å². The Morgan fingerprint density at radius 2 is 2.11 bits per heavy atom. The number of amides is 1. The van der Waals surface area contributed by atoms with Crippen LogP contribution in [0.3, 0.4) is 0 Å². The molecule has 1 N–H and O–H groups in total. The highest BCUT2D eigenvalue weighted by Gasteiger charge is 2.28. The van der Waals surface area contributed by atoms with Crippen LogP contribution < -0.4 is 5.32 Å². The molecule has 1 aromatic rings. The molecule has 2 aliphatic rings. The van der Waals surface area contributed by atoms with Crippen LogP contribution in [0.5, 0.6) is 0 Å². The summed E-state index contributed by atoms with van der Waals surface area (Å²) in [5.74, 6) is 0.122. The summed E-state index contributed by atoms with van der Waals surface area (Å²) < 4.78 is 5.53. The molecule has 1 amide bonds. The van der Waals surface area contributed by atoms with E-state index in [2.05, 4.69) is 23.5 Å². The van der Waals surface area contributed by atoms with E-state index in [4.69, 9.17) is 4.74 Å². The molecule has 1 unspecified atom stereocenters. The summed E-state index contributed by atoms with van der Waals surface area (Å²) in [7, 11) is 0. The van der Waals surface area contributed by atoms with E-state index < -0.39 is 0 Å². The van der Waals surface area contributed by atoms with E-state index in [-0.39, 0.29) is 24.4 Å². The molecule has 0 radical (unpaired) electrons. The minimum atomic E-state index is -0.302. The third kappa shape index (κ3) is 3.08. The Morgan fingerprint density at radius 1 is 1.32 bits per heavy atom. The molecular formula is C14H19ClN2O2. The van der Waals surface area contributed by atoms with Crippen molar-refractivity contribution in [3.63, 3.8) is 0 Å². The molecular weight excluding hydrogens is 264 g/mol. The number of carbonyl (C=O) groups is 1. The van der Waals surface area contributed by atoms with E-state index in [1.54, 1.807) is 0 Å². The Morgan fingerprint density at radius 3 is 2.84 bits per heavy atom. The fraction of sp³-hybridized carbons (Fsp3) is 0.500. The van der Waals surface area contributed by atoms with Crippen molar-refractivity contribution in [1.82, 2.24) is 10.2 Å². The van der Waals surface area contributed by atoms with E-state index in [1.165, 1.54) is 11.1 Å². The van der Waals surface area contributed by atoms with Crippen molar-refractivity contribution < 1.29 is 9.53 Å². The molecule has 3 rings (SSSR count). The van der Waals surface area contributed by atoms with Gasteiger partial charge in [-0.2, -0.15) is 0 Å². The van der Waals surface area contributed by atoms with Gasteiger partial charge < -0.3 is 15.0 Å². The molecule has 104 valence electrons. The lowest BCUT2D eigenvalue weighted by molar-refractivity contribution is -0.146. The van der Waals surface area contributed by atoms with Crippen LogP contribution in [0.15, 0.2) is 24.3 Å². The highest BCUT2D eigenvalue weighted by molar-refractivity contribution is 5.85. The lowest BCUT2D eigenvalue weighted by Crippen LogP contribution is -2.50. The van der Waals surface area contributed by atoms with Crippen LogP contribution in [0, 0.1) is 0 Å². The van der Waals surface area contributed by atoms with Gasteiger partial charge in [-0.1, -0.05) is 24.3 Å². The quantitative estimate of drug-likeness (QED) is 0.835. The average Bonchev–Trinajstić information content (AvgIpc) is 2.47. The zero-order chi connectivity index (χ0) is 12.4. The number of hydrogen-bond donors (Lipinski definition) is 1. The SMILES string of the molecule is Cl.O=C(C1CNCCO1)N1CCc2ccccc2C1. The minimum Gasteiger partial charge on any atom is -0.366 e. The van der Waals surface area contributed by atoms with Crippen LogP contribution in [0.4, 0.5) is 0 Å². The fourth-order valence-electron chi connectivity index (χ4n) is 2.61. The second kappa shape index (κ2) is 6.37. The highest BCUT2D eigenvalue weighted by Crippen LogP contribution is 2.19. The van der Waals surface area contributed by atoms with E-state index in [0.29, 0.717) is 13.2 Å². The molecule has 2 heterocycles. The van der Waals surface area contributed by atoms with Gasteiger partial charge in [0, 0.05) is 26.2 Å². The van der Waals surface area contributed by atoms with Gasteiger partial charge in [0.1, 0.15) is 6.10 Å². The number of halogens is 1. The largest absolute Gasteiger partial charge is 0.366 e. The van der Waals surface area contributed by atoms with Crippen molar-refractivity contribution >= 4 is 18.3 Å². The van der Waals surface area contributed by atoms with E-state index in [1.807, 2.05) is 11.0 Å². The fourth-order valence-corrected chi connectivity index (χ4v) is 2.61. The molecule has 19 heavy (non-hydrogen) atoms.